The molecule has 2 aromatic heterocycles. The molecule has 33 heavy (non-hydrogen) atoms. The fourth-order valence-corrected chi connectivity index (χ4v) is 6.11. The predicted molar refractivity (Wildman–Crippen MR) is 122 cm³/mol. The van der Waals surface area contributed by atoms with Crippen molar-refractivity contribution >= 4 is 43.5 Å². The Morgan fingerprint density at radius 1 is 1.12 bits per heavy atom. The van der Waals surface area contributed by atoms with Gasteiger partial charge in [-0.2, -0.15) is 9.40 Å². The average Bonchev–Trinajstić information content (AvgIpc) is 3.38. The summed E-state index contributed by atoms with van der Waals surface area (Å²) in [4.78, 5) is 27.9. The molecular weight excluding hydrogens is 468 g/mol. The molecule has 12 heteroatoms. The van der Waals surface area contributed by atoms with Crippen LogP contribution in [0.5, 0.6) is 5.75 Å². The minimum absolute atomic E-state index is 0.163. The number of hydrogen-bond donors (Lipinski definition) is 0. The van der Waals surface area contributed by atoms with E-state index in [0.717, 1.165) is 15.9 Å². The van der Waals surface area contributed by atoms with Crippen LogP contribution in [0.25, 0.3) is 10.2 Å². The average molecular weight is 493 g/mol. The van der Waals surface area contributed by atoms with Gasteiger partial charge in [0, 0.05) is 38.6 Å². The van der Waals surface area contributed by atoms with Crippen LogP contribution in [0, 0.1) is 6.92 Å². The van der Waals surface area contributed by atoms with Crippen molar-refractivity contribution < 1.29 is 27.5 Å². The third kappa shape index (κ3) is 4.59. The molecule has 1 saturated heterocycles. The van der Waals surface area contributed by atoms with Crippen LogP contribution in [0.15, 0.2) is 35.2 Å². The third-order valence-corrected chi connectivity index (χ3v) is 8.61. The van der Waals surface area contributed by atoms with Crippen LogP contribution < -0.4 is 4.74 Å². The van der Waals surface area contributed by atoms with Gasteiger partial charge < -0.3 is 14.4 Å². The summed E-state index contributed by atoms with van der Waals surface area (Å²) < 4.78 is 39.0. The summed E-state index contributed by atoms with van der Waals surface area (Å²) in [7, 11) is -0.347. The van der Waals surface area contributed by atoms with E-state index in [0.29, 0.717) is 10.6 Å². The van der Waals surface area contributed by atoms with Gasteiger partial charge in [-0.15, -0.1) is 11.3 Å². The molecular formula is C21H24N4O6S2. The zero-order valence-corrected chi connectivity index (χ0v) is 20.1. The Balaban J connectivity index is 1.31. The maximum absolute atomic E-state index is 12.8. The van der Waals surface area contributed by atoms with Gasteiger partial charge in [0.25, 0.3) is 5.91 Å². The summed E-state index contributed by atoms with van der Waals surface area (Å²) in [6.07, 6.45) is 0. The number of rotatable bonds is 6. The number of sulfonamides is 1. The second-order valence-electron chi connectivity index (χ2n) is 7.58. The quantitative estimate of drug-likeness (QED) is 0.481. The van der Waals surface area contributed by atoms with Crippen molar-refractivity contribution in [3.05, 3.63) is 40.9 Å². The maximum atomic E-state index is 12.8. The molecule has 0 unspecified atom stereocenters. The fraction of sp³-hybridized carbons (Fsp3) is 0.381. The SMILES string of the molecule is COc1ccc(S(=O)(=O)N2CCN(C(=O)COC(=O)c3cc4c(C)nn(C)c4s3)CC2)cc1. The minimum atomic E-state index is -3.66. The highest BCUT2D eigenvalue weighted by Crippen LogP contribution is 2.28. The number of amides is 1. The predicted octanol–water partition coefficient (Wildman–Crippen LogP) is 1.64. The highest BCUT2D eigenvalue weighted by atomic mass is 32.2. The molecule has 1 fully saturated rings. The van der Waals surface area contributed by atoms with Gasteiger partial charge in [0.15, 0.2) is 6.61 Å². The van der Waals surface area contributed by atoms with Gasteiger partial charge in [-0.1, -0.05) is 0 Å². The largest absolute Gasteiger partial charge is 0.497 e. The van der Waals surface area contributed by atoms with Crippen molar-refractivity contribution in [3.8, 4) is 5.75 Å². The van der Waals surface area contributed by atoms with E-state index in [-0.39, 0.29) is 37.0 Å². The fourth-order valence-electron chi connectivity index (χ4n) is 3.67. The first-order chi connectivity index (χ1) is 15.7. The molecule has 0 bridgehead atoms. The molecule has 0 atom stereocenters. The summed E-state index contributed by atoms with van der Waals surface area (Å²) in [5.41, 5.74) is 0.821. The first kappa shape index (κ1) is 23.2. The monoisotopic (exact) mass is 492 g/mol. The Morgan fingerprint density at radius 3 is 2.39 bits per heavy atom. The molecule has 4 rings (SSSR count). The molecule has 0 spiro atoms. The highest BCUT2D eigenvalue weighted by Gasteiger charge is 2.30. The zero-order valence-electron chi connectivity index (χ0n) is 18.5. The number of aryl methyl sites for hydroxylation is 2. The summed E-state index contributed by atoms with van der Waals surface area (Å²) in [6.45, 7) is 2.24. The van der Waals surface area contributed by atoms with E-state index in [9.17, 15) is 18.0 Å². The van der Waals surface area contributed by atoms with Crippen LogP contribution in [0.3, 0.4) is 0 Å². The van der Waals surface area contributed by atoms with Gasteiger partial charge in [-0.05, 0) is 37.3 Å². The number of carbonyl (C=O) groups is 2. The number of aromatic nitrogens is 2. The summed E-state index contributed by atoms with van der Waals surface area (Å²) in [5, 5.41) is 5.18. The molecule has 1 aliphatic rings. The lowest BCUT2D eigenvalue weighted by molar-refractivity contribution is -0.135. The first-order valence-electron chi connectivity index (χ1n) is 10.2. The van der Waals surface area contributed by atoms with E-state index in [2.05, 4.69) is 5.10 Å². The lowest BCUT2D eigenvalue weighted by atomic mass is 10.3. The van der Waals surface area contributed by atoms with Gasteiger partial charge in [-0.3, -0.25) is 9.48 Å². The Kier molecular flexibility index (Phi) is 6.41. The number of hydrogen-bond acceptors (Lipinski definition) is 8. The number of esters is 1. The van der Waals surface area contributed by atoms with Crippen molar-refractivity contribution in [1.29, 1.82) is 0 Å². The van der Waals surface area contributed by atoms with E-state index in [1.165, 1.54) is 39.8 Å². The molecule has 0 N–H and O–H groups in total. The molecule has 0 aliphatic carbocycles. The highest BCUT2D eigenvalue weighted by molar-refractivity contribution is 7.89. The number of nitrogens with zero attached hydrogens (tertiary/aromatic N) is 4. The van der Waals surface area contributed by atoms with E-state index < -0.39 is 22.6 Å². The molecule has 176 valence electrons. The smallest absolute Gasteiger partial charge is 0.348 e. The van der Waals surface area contributed by atoms with Gasteiger partial charge in [0.2, 0.25) is 10.0 Å². The number of benzene rings is 1. The number of methoxy groups -OCH3 is 1. The number of fused-ring (bicyclic) bond motifs is 1. The number of carbonyl (C=O) groups excluding carboxylic acids is 2. The molecule has 3 heterocycles. The van der Waals surface area contributed by atoms with E-state index >= 15 is 0 Å². The summed E-state index contributed by atoms with van der Waals surface area (Å²) in [6, 6.07) is 7.90. The normalized spacial score (nSPS) is 15.1. The Morgan fingerprint density at radius 2 is 1.79 bits per heavy atom. The van der Waals surface area contributed by atoms with Crippen LogP contribution in [0.1, 0.15) is 15.4 Å². The van der Waals surface area contributed by atoms with Crippen LogP contribution >= 0.6 is 11.3 Å². The molecule has 1 amide bonds. The van der Waals surface area contributed by atoms with E-state index in [4.69, 9.17) is 9.47 Å². The molecule has 1 aromatic carbocycles. The van der Waals surface area contributed by atoms with Crippen LogP contribution in [0.2, 0.25) is 0 Å². The number of thiophene rings is 1. The van der Waals surface area contributed by atoms with Gasteiger partial charge in [0.05, 0.1) is 17.7 Å². The van der Waals surface area contributed by atoms with Gasteiger partial charge in [-0.25, -0.2) is 13.2 Å². The zero-order chi connectivity index (χ0) is 23.8. The maximum Gasteiger partial charge on any atom is 0.348 e. The van der Waals surface area contributed by atoms with E-state index in [1.807, 2.05) is 6.92 Å². The van der Waals surface area contributed by atoms with Crippen molar-refractivity contribution in [2.75, 3.05) is 39.9 Å². The Bertz CT molecular complexity index is 1250. The van der Waals surface area contributed by atoms with Crippen LogP contribution in [0.4, 0.5) is 0 Å². The lowest BCUT2D eigenvalue weighted by Crippen LogP contribution is -2.51. The second kappa shape index (κ2) is 9.12. The molecule has 1 aliphatic heterocycles. The summed E-state index contributed by atoms with van der Waals surface area (Å²) in [5.74, 6) is -0.352. The Hall–Kier alpha value is -2.96. The first-order valence-corrected chi connectivity index (χ1v) is 12.5. The van der Waals surface area contributed by atoms with Gasteiger partial charge in [0.1, 0.15) is 15.5 Å². The molecule has 0 radical (unpaired) electrons. The van der Waals surface area contributed by atoms with Crippen LogP contribution in [-0.2, 0) is 26.6 Å². The third-order valence-electron chi connectivity index (χ3n) is 5.51. The van der Waals surface area contributed by atoms with Crippen LogP contribution in [-0.4, -0.2) is 79.2 Å². The molecule has 3 aromatic rings. The standard InChI is InChI=1S/C21H24N4O6S2/c1-14-17-12-18(32-20(17)23(2)22-14)21(27)31-13-19(26)24-8-10-25(11-9-24)33(28,29)16-6-4-15(30-3)5-7-16/h4-7,12H,8-11,13H2,1-3H3. The lowest BCUT2D eigenvalue weighted by Gasteiger charge is -2.33. The Labute approximate surface area is 195 Å². The van der Waals surface area contributed by atoms with Gasteiger partial charge >= 0.3 is 5.97 Å². The molecule has 0 saturated carbocycles. The van der Waals surface area contributed by atoms with Crippen molar-refractivity contribution in [3.63, 3.8) is 0 Å². The van der Waals surface area contributed by atoms with Crippen molar-refractivity contribution in [2.24, 2.45) is 7.05 Å². The van der Waals surface area contributed by atoms with E-state index in [1.54, 1.807) is 29.9 Å². The summed E-state index contributed by atoms with van der Waals surface area (Å²) >= 11 is 1.26. The number of ether oxygens (including phenoxy) is 2. The number of piperazine rings is 1. The second-order valence-corrected chi connectivity index (χ2v) is 10.5. The topological polar surface area (TPSA) is 111 Å². The van der Waals surface area contributed by atoms with Crippen molar-refractivity contribution in [2.45, 2.75) is 11.8 Å². The van der Waals surface area contributed by atoms with Crippen molar-refractivity contribution in [1.82, 2.24) is 19.0 Å². The minimum Gasteiger partial charge on any atom is -0.497 e. The molecule has 10 nitrogen and oxygen atoms in total.